The van der Waals surface area contributed by atoms with Gasteiger partial charge in [0.05, 0.1) is 11.8 Å². The zero-order valence-electron chi connectivity index (χ0n) is 12.0. The van der Waals surface area contributed by atoms with E-state index in [1.807, 2.05) is 18.1 Å². The Morgan fingerprint density at radius 1 is 1.65 bits per heavy atom. The number of likely N-dealkylation sites (N-methyl/N-ethyl adjacent to an activating group) is 1. The number of imidazole rings is 1. The minimum absolute atomic E-state index is 0.0599. The number of aromatic nitrogens is 2. The van der Waals surface area contributed by atoms with E-state index in [1.54, 1.807) is 7.11 Å². The highest BCUT2D eigenvalue weighted by Gasteiger charge is 2.53. The Hall–Kier alpha value is -1.40. The van der Waals surface area contributed by atoms with E-state index in [2.05, 4.69) is 9.55 Å². The Bertz CT molecular complexity index is 520. The third-order valence-electron chi connectivity index (χ3n) is 4.79. The third-order valence-corrected chi connectivity index (χ3v) is 4.79. The molecule has 6 heteroatoms. The van der Waals surface area contributed by atoms with Crippen molar-refractivity contribution in [1.29, 1.82) is 0 Å². The molecule has 0 spiro atoms. The predicted molar refractivity (Wildman–Crippen MR) is 72.4 cm³/mol. The number of rotatable bonds is 5. The first kappa shape index (κ1) is 13.6. The molecule has 1 saturated carbocycles. The van der Waals surface area contributed by atoms with Crippen LogP contribution in [0.4, 0.5) is 0 Å². The number of fused-ring (bicyclic) bond motifs is 1. The number of aryl methyl sites for hydroxylation is 1. The average molecular weight is 279 g/mol. The number of carbonyl (C=O) groups is 1. The maximum absolute atomic E-state index is 11.6. The van der Waals surface area contributed by atoms with Crippen LogP contribution >= 0.6 is 0 Å². The molecule has 0 saturated heterocycles. The zero-order valence-corrected chi connectivity index (χ0v) is 12.0. The highest BCUT2D eigenvalue weighted by atomic mass is 16.5. The van der Waals surface area contributed by atoms with E-state index in [1.165, 1.54) is 0 Å². The van der Waals surface area contributed by atoms with Crippen molar-refractivity contribution in [2.24, 2.45) is 0 Å². The smallest absolute Gasteiger partial charge is 0.324 e. The minimum Gasteiger partial charge on any atom is -0.480 e. The molecule has 110 valence electrons. The quantitative estimate of drug-likeness (QED) is 0.867. The Labute approximate surface area is 118 Å². The summed E-state index contributed by atoms with van der Waals surface area (Å²) < 4.78 is 7.46. The Kier molecular flexibility index (Phi) is 3.30. The molecule has 3 rings (SSSR count). The number of hydrogen-bond donors (Lipinski definition) is 1. The predicted octanol–water partition coefficient (Wildman–Crippen LogP) is 0.893. The monoisotopic (exact) mass is 279 g/mol. The number of aliphatic carboxylic acids is 1. The molecular weight excluding hydrogens is 258 g/mol. The summed E-state index contributed by atoms with van der Waals surface area (Å²) in [6, 6.07) is 0. The maximum Gasteiger partial charge on any atom is 0.324 e. The van der Waals surface area contributed by atoms with Gasteiger partial charge in [-0.3, -0.25) is 9.69 Å². The first-order valence-electron chi connectivity index (χ1n) is 7.07. The van der Waals surface area contributed by atoms with Crippen LogP contribution in [-0.4, -0.2) is 51.3 Å². The van der Waals surface area contributed by atoms with Gasteiger partial charge in [-0.05, 0) is 13.5 Å². The van der Waals surface area contributed by atoms with Crippen molar-refractivity contribution in [3.8, 4) is 0 Å². The zero-order chi connectivity index (χ0) is 14.3. The van der Waals surface area contributed by atoms with Gasteiger partial charge in [0, 0.05) is 45.7 Å². The van der Waals surface area contributed by atoms with Crippen LogP contribution in [0.25, 0.3) is 0 Å². The van der Waals surface area contributed by atoms with Crippen molar-refractivity contribution < 1.29 is 14.6 Å². The van der Waals surface area contributed by atoms with E-state index >= 15 is 0 Å². The number of ether oxygens (including phenoxy) is 1. The van der Waals surface area contributed by atoms with Gasteiger partial charge in [0.25, 0.3) is 0 Å². The van der Waals surface area contributed by atoms with E-state index in [0.29, 0.717) is 19.4 Å². The van der Waals surface area contributed by atoms with Crippen LogP contribution in [0.2, 0.25) is 0 Å². The van der Waals surface area contributed by atoms with E-state index in [0.717, 1.165) is 30.9 Å². The van der Waals surface area contributed by atoms with E-state index in [4.69, 9.17) is 4.74 Å². The summed E-state index contributed by atoms with van der Waals surface area (Å²) in [5.74, 6) is 0.371. The lowest BCUT2D eigenvalue weighted by Crippen LogP contribution is -2.63. The fraction of sp³-hybridized carbons (Fsp3) is 0.714. The lowest BCUT2D eigenvalue weighted by Gasteiger charge is -2.49. The molecule has 6 nitrogen and oxygen atoms in total. The van der Waals surface area contributed by atoms with Gasteiger partial charge < -0.3 is 14.4 Å². The van der Waals surface area contributed by atoms with Crippen molar-refractivity contribution in [3.05, 3.63) is 17.7 Å². The summed E-state index contributed by atoms with van der Waals surface area (Å²) >= 11 is 0. The molecule has 0 atom stereocenters. The van der Waals surface area contributed by atoms with Gasteiger partial charge in [-0.25, -0.2) is 4.98 Å². The van der Waals surface area contributed by atoms with E-state index < -0.39 is 11.5 Å². The van der Waals surface area contributed by atoms with Crippen molar-refractivity contribution in [2.45, 2.75) is 50.4 Å². The van der Waals surface area contributed by atoms with Crippen molar-refractivity contribution in [3.63, 3.8) is 0 Å². The summed E-state index contributed by atoms with van der Waals surface area (Å²) in [7, 11) is 3.52. The first-order valence-corrected chi connectivity index (χ1v) is 7.07. The van der Waals surface area contributed by atoms with Crippen LogP contribution in [-0.2, 0) is 29.0 Å². The summed E-state index contributed by atoms with van der Waals surface area (Å²) in [6.45, 7) is 1.62. The van der Waals surface area contributed by atoms with Crippen LogP contribution < -0.4 is 0 Å². The summed E-state index contributed by atoms with van der Waals surface area (Å²) in [5, 5.41) is 9.57. The second-order valence-corrected chi connectivity index (χ2v) is 5.88. The molecule has 2 aliphatic rings. The van der Waals surface area contributed by atoms with Gasteiger partial charge in [-0.1, -0.05) is 0 Å². The molecule has 0 unspecified atom stereocenters. The topological polar surface area (TPSA) is 67.6 Å². The highest BCUT2D eigenvalue weighted by Crippen LogP contribution is 2.40. The van der Waals surface area contributed by atoms with Crippen LogP contribution in [0.5, 0.6) is 0 Å². The Morgan fingerprint density at radius 3 is 3.05 bits per heavy atom. The van der Waals surface area contributed by atoms with Crippen molar-refractivity contribution in [1.82, 2.24) is 14.5 Å². The van der Waals surface area contributed by atoms with Crippen LogP contribution in [0.15, 0.2) is 6.20 Å². The van der Waals surface area contributed by atoms with Gasteiger partial charge in [0.1, 0.15) is 11.4 Å². The second kappa shape index (κ2) is 4.86. The first-order chi connectivity index (χ1) is 9.56. The molecule has 1 fully saturated rings. The molecule has 1 aliphatic heterocycles. The molecular formula is C14H21N3O3. The van der Waals surface area contributed by atoms with Gasteiger partial charge in [-0.2, -0.15) is 0 Å². The average Bonchev–Trinajstić information content (AvgIpc) is 2.93. The SMILES string of the molecule is COC1CC(C(=O)O)(N(C)Cc2cnc3n2CCC3)C1. The molecule has 2 heterocycles. The van der Waals surface area contributed by atoms with Gasteiger partial charge in [-0.15, -0.1) is 0 Å². The van der Waals surface area contributed by atoms with Crippen LogP contribution in [0, 0.1) is 0 Å². The molecule has 20 heavy (non-hydrogen) atoms. The second-order valence-electron chi connectivity index (χ2n) is 5.88. The fourth-order valence-corrected chi connectivity index (χ4v) is 3.35. The highest BCUT2D eigenvalue weighted by molar-refractivity contribution is 5.80. The maximum atomic E-state index is 11.6. The third kappa shape index (κ3) is 1.94. The number of hydrogen-bond acceptors (Lipinski definition) is 4. The normalized spacial score (nSPS) is 28.4. The van der Waals surface area contributed by atoms with Gasteiger partial charge in [0.15, 0.2) is 0 Å². The molecule has 1 N–H and O–H groups in total. The van der Waals surface area contributed by atoms with E-state index in [9.17, 15) is 9.90 Å². The van der Waals surface area contributed by atoms with Crippen LogP contribution in [0.1, 0.15) is 30.8 Å². The van der Waals surface area contributed by atoms with Crippen LogP contribution in [0.3, 0.4) is 0 Å². The number of carboxylic acid groups (broad SMARTS) is 1. The van der Waals surface area contributed by atoms with E-state index in [-0.39, 0.29) is 6.10 Å². The van der Waals surface area contributed by atoms with Gasteiger partial charge >= 0.3 is 5.97 Å². The van der Waals surface area contributed by atoms with Crippen molar-refractivity contribution in [2.75, 3.05) is 14.2 Å². The number of methoxy groups -OCH3 is 1. The minimum atomic E-state index is -0.788. The molecule has 1 aromatic heterocycles. The summed E-state index contributed by atoms with van der Waals surface area (Å²) in [6.07, 6.45) is 5.21. The fourth-order valence-electron chi connectivity index (χ4n) is 3.35. The summed E-state index contributed by atoms with van der Waals surface area (Å²) in [4.78, 5) is 18.0. The molecule has 0 bridgehead atoms. The lowest BCUT2D eigenvalue weighted by molar-refractivity contribution is -0.169. The molecule has 0 amide bonds. The standard InChI is InChI=1S/C14H21N3O3/c1-16(14(13(18)19)6-11(7-14)20-2)9-10-8-15-12-4-3-5-17(10)12/h8,11H,3-7,9H2,1-2H3,(H,18,19). The number of carboxylic acids is 1. The Morgan fingerprint density at radius 2 is 2.40 bits per heavy atom. The molecule has 0 aromatic carbocycles. The molecule has 1 aromatic rings. The molecule has 0 radical (unpaired) electrons. The summed E-state index contributed by atoms with van der Waals surface area (Å²) in [5.41, 5.74) is 0.325. The largest absolute Gasteiger partial charge is 0.480 e. The lowest BCUT2D eigenvalue weighted by atomic mass is 9.73. The number of nitrogens with zero attached hydrogens (tertiary/aromatic N) is 3. The van der Waals surface area contributed by atoms with Crippen molar-refractivity contribution >= 4 is 5.97 Å². The molecule has 1 aliphatic carbocycles. The Balaban J connectivity index is 1.74. The van der Waals surface area contributed by atoms with Gasteiger partial charge in [0.2, 0.25) is 0 Å².